The maximum atomic E-state index is 5.58. The van der Waals surface area contributed by atoms with Gasteiger partial charge in [-0.05, 0) is 6.92 Å². The first-order valence-corrected chi connectivity index (χ1v) is 4.56. The predicted octanol–water partition coefficient (Wildman–Crippen LogP) is 0.398. The Kier molecular flexibility index (Phi) is 4.26. The van der Waals surface area contributed by atoms with E-state index in [1.165, 1.54) is 0 Å². The summed E-state index contributed by atoms with van der Waals surface area (Å²) in [5, 5.41) is 3.05. The molecule has 0 spiro atoms. The fourth-order valence-electron chi connectivity index (χ4n) is 1.13. The van der Waals surface area contributed by atoms with Crippen LogP contribution in [-0.2, 0) is 9.47 Å². The van der Waals surface area contributed by atoms with Gasteiger partial charge in [-0.1, -0.05) is 0 Å². The second-order valence-corrected chi connectivity index (χ2v) is 3.01. The van der Waals surface area contributed by atoms with Crippen molar-refractivity contribution in [3.05, 3.63) is 11.9 Å². The molecule has 0 bridgehead atoms. The van der Waals surface area contributed by atoms with Crippen molar-refractivity contribution in [2.24, 2.45) is 0 Å². The van der Waals surface area contributed by atoms with Crippen LogP contribution in [0.4, 0.5) is 11.6 Å². The number of ether oxygens (including phenoxy) is 2. The molecule has 3 N–H and O–H groups in total. The largest absolute Gasteiger partial charge is 0.384 e. The average molecular weight is 212 g/mol. The molecule has 1 aromatic heterocycles. The quantitative estimate of drug-likeness (QED) is 0.687. The van der Waals surface area contributed by atoms with Crippen LogP contribution in [0, 0.1) is 6.92 Å². The van der Waals surface area contributed by atoms with E-state index in [4.69, 9.17) is 15.2 Å². The molecule has 0 unspecified atom stereocenters. The van der Waals surface area contributed by atoms with Gasteiger partial charge in [0.2, 0.25) is 0 Å². The summed E-state index contributed by atoms with van der Waals surface area (Å²) in [5.74, 6) is 1.74. The van der Waals surface area contributed by atoms with Crippen LogP contribution in [0.1, 0.15) is 5.82 Å². The SMILES string of the molecule is COC(CNc1cc(N)nc(C)n1)OC. The second-order valence-electron chi connectivity index (χ2n) is 3.01. The van der Waals surface area contributed by atoms with E-state index in [9.17, 15) is 0 Å². The van der Waals surface area contributed by atoms with Crippen molar-refractivity contribution in [1.82, 2.24) is 9.97 Å². The van der Waals surface area contributed by atoms with Crippen LogP contribution in [-0.4, -0.2) is 37.0 Å². The minimum Gasteiger partial charge on any atom is -0.384 e. The average Bonchev–Trinajstić information content (AvgIpc) is 2.18. The first kappa shape index (κ1) is 11.7. The summed E-state index contributed by atoms with van der Waals surface area (Å²) in [6.45, 7) is 2.29. The van der Waals surface area contributed by atoms with Gasteiger partial charge in [-0.2, -0.15) is 0 Å². The molecule has 0 aliphatic rings. The number of hydrogen-bond donors (Lipinski definition) is 2. The Balaban J connectivity index is 2.57. The van der Waals surface area contributed by atoms with Gasteiger partial charge in [0.1, 0.15) is 17.5 Å². The lowest BCUT2D eigenvalue weighted by molar-refractivity contribution is -0.0914. The molecule has 84 valence electrons. The molecule has 15 heavy (non-hydrogen) atoms. The van der Waals surface area contributed by atoms with Crippen molar-refractivity contribution < 1.29 is 9.47 Å². The van der Waals surface area contributed by atoms with Gasteiger partial charge in [0, 0.05) is 20.3 Å². The second kappa shape index (κ2) is 5.47. The fraction of sp³-hybridized carbons (Fsp3) is 0.556. The Morgan fingerprint density at radius 2 is 2.07 bits per heavy atom. The lowest BCUT2D eigenvalue weighted by Crippen LogP contribution is -2.24. The minimum absolute atomic E-state index is 0.304. The Bertz CT molecular complexity index is 295. The van der Waals surface area contributed by atoms with Crippen LogP contribution in [0.15, 0.2) is 6.07 Å². The Morgan fingerprint density at radius 1 is 1.40 bits per heavy atom. The van der Waals surface area contributed by atoms with Gasteiger partial charge in [0.15, 0.2) is 6.29 Å². The third-order valence-electron chi connectivity index (χ3n) is 1.83. The maximum Gasteiger partial charge on any atom is 0.173 e. The van der Waals surface area contributed by atoms with E-state index in [2.05, 4.69) is 15.3 Å². The van der Waals surface area contributed by atoms with Crippen molar-refractivity contribution in [1.29, 1.82) is 0 Å². The molecule has 0 radical (unpaired) electrons. The number of hydrogen-bond acceptors (Lipinski definition) is 6. The van der Waals surface area contributed by atoms with Crippen molar-refractivity contribution in [3.63, 3.8) is 0 Å². The highest BCUT2D eigenvalue weighted by Crippen LogP contribution is 2.07. The molecule has 1 aromatic rings. The molecule has 6 nitrogen and oxygen atoms in total. The Hall–Kier alpha value is -1.40. The van der Waals surface area contributed by atoms with Gasteiger partial charge in [-0.25, -0.2) is 9.97 Å². The lowest BCUT2D eigenvalue weighted by Gasteiger charge is -2.14. The highest BCUT2D eigenvalue weighted by Gasteiger charge is 2.05. The number of nitrogens with zero attached hydrogens (tertiary/aromatic N) is 2. The lowest BCUT2D eigenvalue weighted by atomic mass is 10.5. The molecule has 1 heterocycles. The van der Waals surface area contributed by atoms with Gasteiger partial charge >= 0.3 is 0 Å². The minimum atomic E-state index is -0.304. The molecule has 0 saturated heterocycles. The van der Waals surface area contributed by atoms with Crippen molar-refractivity contribution in [2.75, 3.05) is 31.8 Å². The zero-order chi connectivity index (χ0) is 11.3. The third kappa shape index (κ3) is 3.69. The summed E-state index contributed by atoms with van der Waals surface area (Å²) in [4.78, 5) is 8.13. The van der Waals surface area contributed by atoms with Gasteiger partial charge in [-0.15, -0.1) is 0 Å². The smallest absolute Gasteiger partial charge is 0.173 e. The highest BCUT2D eigenvalue weighted by molar-refractivity contribution is 5.44. The molecule has 0 saturated carbocycles. The van der Waals surface area contributed by atoms with Crippen molar-refractivity contribution in [2.45, 2.75) is 13.2 Å². The number of aryl methyl sites for hydroxylation is 1. The summed E-state index contributed by atoms with van der Waals surface area (Å²) < 4.78 is 10.0. The molecule has 0 aromatic carbocycles. The van der Waals surface area contributed by atoms with E-state index in [1.807, 2.05) is 0 Å². The molecule has 1 rings (SSSR count). The van der Waals surface area contributed by atoms with Crippen LogP contribution in [0.3, 0.4) is 0 Å². The van der Waals surface area contributed by atoms with Crippen LogP contribution in [0.2, 0.25) is 0 Å². The van der Waals surface area contributed by atoms with Crippen LogP contribution in [0.5, 0.6) is 0 Å². The molecule has 6 heteroatoms. The van der Waals surface area contributed by atoms with Crippen molar-refractivity contribution >= 4 is 11.6 Å². The molecule has 0 atom stereocenters. The van der Waals surface area contributed by atoms with Gasteiger partial charge in [0.25, 0.3) is 0 Å². The normalized spacial score (nSPS) is 10.7. The number of rotatable bonds is 5. The molecular weight excluding hydrogens is 196 g/mol. The summed E-state index contributed by atoms with van der Waals surface area (Å²) in [5.41, 5.74) is 5.58. The van der Waals surface area contributed by atoms with Crippen LogP contribution < -0.4 is 11.1 Å². The number of anilines is 2. The van der Waals surface area contributed by atoms with Gasteiger partial charge in [-0.3, -0.25) is 0 Å². The molecule has 0 amide bonds. The fourth-order valence-corrected chi connectivity index (χ4v) is 1.13. The van der Waals surface area contributed by atoms with E-state index in [1.54, 1.807) is 27.2 Å². The zero-order valence-electron chi connectivity index (χ0n) is 9.15. The predicted molar refractivity (Wildman–Crippen MR) is 57.5 cm³/mol. The summed E-state index contributed by atoms with van der Waals surface area (Å²) >= 11 is 0. The highest BCUT2D eigenvalue weighted by atomic mass is 16.7. The van der Waals surface area contributed by atoms with Crippen molar-refractivity contribution in [3.8, 4) is 0 Å². The Labute approximate surface area is 88.8 Å². The summed E-state index contributed by atoms with van der Waals surface area (Å²) in [6, 6.07) is 1.66. The third-order valence-corrected chi connectivity index (χ3v) is 1.83. The van der Waals surface area contributed by atoms with Crippen LogP contribution >= 0.6 is 0 Å². The standard InChI is InChI=1S/C9H16N4O2/c1-6-12-7(10)4-8(13-6)11-5-9(14-2)15-3/h4,9H,5H2,1-3H3,(H3,10,11,12,13). The number of nitrogen functional groups attached to an aromatic ring is 1. The first-order valence-electron chi connectivity index (χ1n) is 4.56. The Morgan fingerprint density at radius 3 is 2.60 bits per heavy atom. The van der Waals surface area contributed by atoms with E-state index in [0.717, 1.165) is 0 Å². The summed E-state index contributed by atoms with van der Waals surface area (Å²) in [7, 11) is 3.16. The van der Waals surface area contributed by atoms with E-state index in [0.29, 0.717) is 24.0 Å². The first-order chi connectivity index (χ1) is 7.15. The zero-order valence-corrected chi connectivity index (χ0v) is 9.15. The topological polar surface area (TPSA) is 82.3 Å². The van der Waals surface area contributed by atoms with E-state index in [-0.39, 0.29) is 6.29 Å². The molecule has 0 aliphatic heterocycles. The number of nitrogens with one attached hydrogen (secondary N) is 1. The van der Waals surface area contributed by atoms with E-state index < -0.39 is 0 Å². The van der Waals surface area contributed by atoms with Crippen LogP contribution in [0.25, 0.3) is 0 Å². The maximum absolute atomic E-state index is 5.58. The monoisotopic (exact) mass is 212 g/mol. The summed E-state index contributed by atoms with van der Waals surface area (Å²) in [6.07, 6.45) is -0.304. The van der Waals surface area contributed by atoms with E-state index >= 15 is 0 Å². The number of methoxy groups -OCH3 is 2. The molecule has 0 fully saturated rings. The number of nitrogens with two attached hydrogens (primary N) is 1. The number of aromatic nitrogens is 2. The molecular formula is C9H16N4O2. The van der Waals surface area contributed by atoms with Gasteiger partial charge in [0.05, 0.1) is 6.54 Å². The molecule has 0 aliphatic carbocycles. The van der Waals surface area contributed by atoms with Gasteiger partial charge < -0.3 is 20.5 Å².